The SMILES string of the molecule is COC(=O)c1sc(S(=O)(=O)N(C)Cc2ccccc2)c(C(=O)OC)c1C. The number of carbonyl (C=O) groups is 2. The van der Waals surface area contributed by atoms with Crippen LogP contribution < -0.4 is 0 Å². The molecule has 0 N–H and O–H groups in total. The Bertz CT molecular complexity index is 918. The van der Waals surface area contributed by atoms with Gasteiger partial charge in [0, 0.05) is 13.6 Å². The molecule has 0 saturated heterocycles. The van der Waals surface area contributed by atoms with Crippen LogP contribution in [-0.4, -0.2) is 45.9 Å². The first-order chi connectivity index (χ1) is 12.2. The molecule has 0 aliphatic carbocycles. The molecule has 2 aromatic rings. The highest BCUT2D eigenvalue weighted by Crippen LogP contribution is 2.35. The second-order valence-electron chi connectivity index (χ2n) is 5.45. The molecular weight excluding hydrogens is 378 g/mol. The molecule has 0 radical (unpaired) electrons. The summed E-state index contributed by atoms with van der Waals surface area (Å²) in [6, 6.07) is 9.04. The summed E-state index contributed by atoms with van der Waals surface area (Å²) in [4.78, 5) is 24.1. The summed E-state index contributed by atoms with van der Waals surface area (Å²) >= 11 is 0.703. The number of methoxy groups -OCH3 is 2. The van der Waals surface area contributed by atoms with E-state index in [0.717, 1.165) is 17.0 Å². The average molecular weight is 397 g/mol. The fourth-order valence-corrected chi connectivity index (χ4v) is 5.46. The largest absolute Gasteiger partial charge is 0.465 e. The van der Waals surface area contributed by atoms with Crippen molar-refractivity contribution in [2.45, 2.75) is 17.7 Å². The first kappa shape index (κ1) is 20.1. The Hall–Kier alpha value is -2.23. The lowest BCUT2D eigenvalue weighted by atomic mass is 10.2. The normalized spacial score (nSPS) is 11.4. The van der Waals surface area contributed by atoms with Crippen LogP contribution in [0.4, 0.5) is 0 Å². The predicted molar refractivity (Wildman–Crippen MR) is 96.8 cm³/mol. The maximum Gasteiger partial charge on any atom is 0.348 e. The number of esters is 2. The summed E-state index contributed by atoms with van der Waals surface area (Å²) in [5, 5.41) is 0. The number of carbonyl (C=O) groups excluding carboxylic acids is 2. The Morgan fingerprint density at radius 1 is 1.08 bits per heavy atom. The van der Waals surface area contributed by atoms with Gasteiger partial charge in [0.1, 0.15) is 4.88 Å². The van der Waals surface area contributed by atoms with Crippen LogP contribution in [0.3, 0.4) is 0 Å². The van der Waals surface area contributed by atoms with Gasteiger partial charge in [0.25, 0.3) is 10.0 Å². The smallest absolute Gasteiger partial charge is 0.348 e. The number of rotatable bonds is 6. The Morgan fingerprint density at radius 2 is 1.65 bits per heavy atom. The van der Waals surface area contributed by atoms with E-state index in [2.05, 4.69) is 4.74 Å². The van der Waals surface area contributed by atoms with E-state index >= 15 is 0 Å². The van der Waals surface area contributed by atoms with Crippen LogP contribution in [-0.2, 0) is 26.0 Å². The van der Waals surface area contributed by atoms with Gasteiger partial charge in [-0.25, -0.2) is 18.0 Å². The Balaban J connectivity index is 2.54. The summed E-state index contributed by atoms with van der Waals surface area (Å²) in [7, 11) is -0.267. The molecule has 26 heavy (non-hydrogen) atoms. The number of thiophene rings is 1. The topological polar surface area (TPSA) is 90.0 Å². The van der Waals surface area contributed by atoms with Crippen LogP contribution in [0.1, 0.15) is 31.2 Å². The third-order valence-corrected chi connectivity index (χ3v) is 7.34. The molecule has 140 valence electrons. The van der Waals surface area contributed by atoms with Crippen LogP contribution in [0.2, 0.25) is 0 Å². The molecule has 0 fully saturated rings. The zero-order chi connectivity index (χ0) is 19.5. The molecule has 9 heteroatoms. The number of ether oxygens (including phenoxy) is 2. The standard InChI is InChI=1S/C17H19NO6S2/c1-11-13(15(19)23-3)17(25-14(11)16(20)24-4)26(21,22)18(2)10-12-8-6-5-7-9-12/h5-9H,10H2,1-4H3. The van der Waals surface area contributed by atoms with E-state index in [1.807, 2.05) is 6.07 Å². The molecule has 0 aliphatic rings. The molecule has 0 spiro atoms. The molecule has 0 aliphatic heterocycles. The number of benzene rings is 1. The monoisotopic (exact) mass is 397 g/mol. The van der Waals surface area contributed by atoms with Crippen molar-refractivity contribution in [1.29, 1.82) is 0 Å². The van der Waals surface area contributed by atoms with E-state index in [4.69, 9.17) is 4.74 Å². The van der Waals surface area contributed by atoms with Crippen molar-refractivity contribution in [3.8, 4) is 0 Å². The second-order valence-corrected chi connectivity index (χ2v) is 8.71. The van der Waals surface area contributed by atoms with Crippen molar-refractivity contribution in [2.75, 3.05) is 21.3 Å². The quantitative estimate of drug-likeness (QED) is 0.696. The number of sulfonamides is 1. The zero-order valence-electron chi connectivity index (χ0n) is 14.8. The highest BCUT2D eigenvalue weighted by molar-refractivity contribution is 7.91. The lowest BCUT2D eigenvalue weighted by molar-refractivity contribution is 0.0596. The van der Waals surface area contributed by atoms with Crippen LogP contribution in [0.25, 0.3) is 0 Å². The van der Waals surface area contributed by atoms with E-state index in [-0.39, 0.29) is 26.8 Å². The predicted octanol–water partition coefficient (Wildman–Crippen LogP) is 2.45. The molecule has 0 unspecified atom stereocenters. The zero-order valence-corrected chi connectivity index (χ0v) is 16.4. The van der Waals surface area contributed by atoms with Gasteiger partial charge < -0.3 is 9.47 Å². The van der Waals surface area contributed by atoms with Gasteiger partial charge >= 0.3 is 11.9 Å². The molecule has 0 amide bonds. The van der Waals surface area contributed by atoms with E-state index in [1.54, 1.807) is 24.3 Å². The Morgan fingerprint density at radius 3 is 2.19 bits per heavy atom. The summed E-state index contributed by atoms with van der Waals surface area (Å²) in [6.07, 6.45) is 0. The molecule has 0 atom stereocenters. The lowest BCUT2D eigenvalue weighted by Gasteiger charge is -2.17. The van der Waals surface area contributed by atoms with Gasteiger partial charge in [-0.15, -0.1) is 11.3 Å². The molecule has 1 heterocycles. The van der Waals surface area contributed by atoms with Gasteiger partial charge in [-0.3, -0.25) is 0 Å². The maximum absolute atomic E-state index is 13.0. The first-order valence-electron chi connectivity index (χ1n) is 7.54. The van der Waals surface area contributed by atoms with Crippen molar-refractivity contribution in [3.63, 3.8) is 0 Å². The third-order valence-electron chi connectivity index (χ3n) is 3.77. The number of hydrogen-bond donors (Lipinski definition) is 0. The summed E-state index contributed by atoms with van der Waals surface area (Å²) in [5.74, 6) is -1.52. The van der Waals surface area contributed by atoms with E-state index in [1.165, 1.54) is 21.1 Å². The molecular formula is C17H19NO6S2. The molecule has 1 aromatic heterocycles. The molecule has 0 saturated carbocycles. The van der Waals surface area contributed by atoms with Crippen molar-refractivity contribution >= 4 is 33.3 Å². The summed E-state index contributed by atoms with van der Waals surface area (Å²) in [5.41, 5.74) is 0.873. The van der Waals surface area contributed by atoms with Crippen molar-refractivity contribution in [1.82, 2.24) is 4.31 Å². The first-order valence-corrected chi connectivity index (χ1v) is 9.80. The van der Waals surface area contributed by atoms with Crippen LogP contribution in [0.15, 0.2) is 34.5 Å². The minimum Gasteiger partial charge on any atom is -0.465 e. The van der Waals surface area contributed by atoms with Gasteiger partial charge in [-0.2, -0.15) is 4.31 Å². The van der Waals surface area contributed by atoms with Crippen LogP contribution >= 0.6 is 11.3 Å². The minimum absolute atomic E-state index is 0.0552. The highest BCUT2D eigenvalue weighted by atomic mass is 32.2. The van der Waals surface area contributed by atoms with Gasteiger partial charge in [-0.1, -0.05) is 30.3 Å². The van der Waals surface area contributed by atoms with Gasteiger partial charge in [-0.05, 0) is 18.1 Å². The fraction of sp³-hybridized carbons (Fsp3) is 0.294. The van der Waals surface area contributed by atoms with Gasteiger partial charge in [0.15, 0.2) is 4.21 Å². The third kappa shape index (κ3) is 3.79. The highest BCUT2D eigenvalue weighted by Gasteiger charge is 2.34. The number of hydrogen-bond acceptors (Lipinski definition) is 7. The van der Waals surface area contributed by atoms with Crippen molar-refractivity contribution in [2.24, 2.45) is 0 Å². The van der Waals surface area contributed by atoms with Crippen LogP contribution in [0.5, 0.6) is 0 Å². The summed E-state index contributed by atoms with van der Waals surface area (Å²) < 4.78 is 36.3. The second kappa shape index (κ2) is 7.98. The lowest BCUT2D eigenvalue weighted by Crippen LogP contribution is -2.27. The maximum atomic E-state index is 13.0. The molecule has 2 rings (SSSR count). The van der Waals surface area contributed by atoms with Crippen molar-refractivity contribution in [3.05, 3.63) is 51.9 Å². The van der Waals surface area contributed by atoms with Gasteiger partial charge in [0.05, 0.1) is 19.8 Å². The molecule has 7 nitrogen and oxygen atoms in total. The van der Waals surface area contributed by atoms with E-state index < -0.39 is 22.0 Å². The summed E-state index contributed by atoms with van der Waals surface area (Å²) in [6.45, 7) is 1.61. The van der Waals surface area contributed by atoms with Crippen molar-refractivity contribution < 1.29 is 27.5 Å². The molecule has 0 bridgehead atoms. The average Bonchev–Trinajstić information content (AvgIpc) is 2.99. The van der Waals surface area contributed by atoms with E-state index in [0.29, 0.717) is 11.3 Å². The minimum atomic E-state index is -4.02. The molecule has 1 aromatic carbocycles. The van der Waals surface area contributed by atoms with Crippen LogP contribution in [0, 0.1) is 6.92 Å². The van der Waals surface area contributed by atoms with Gasteiger partial charge in [0.2, 0.25) is 0 Å². The van der Waals surface area contributed by atoms with E-state index in [9.17, 15) is 18.0 Å². The Labute approximate surface area is 156 Å². The number of nitrogens with zero attached hydrogens (tertiary/aromatic N) is 1. The fourth-order valence-electron chi connectivity index (χ4n) is 2.36. The Kier molecular flexibility index (Phi) is 6.17.